The van der Waals surface area contributed by atoms with Gasteiger partial charge in [-0.2, -0.15) is 0 Å². The Labute approximate surface area is 87.2 Å². The smallest absolute Gasteiger partial charge is 0.0781 e. The largest absolute Gasteiger partial charge is 1.00 e. The maximum absolute atomic E-state index is 8.94. The molecule has 1 atom stereocenters. The molecule has 0 fully saturated rings. The third-order valence-electron chi connectivity index (χ3n) is 1.45. The Morgan fingerprint density at radius 1 is 1.27 bits per heavy atom. The lowest BCUT2D eigenvalue weighted by atomic mass is 10.2. The van der Waals surface area contributed by atoms with E-state index in [0.29, 0.717) is 0 Å². The fraction of sp³-hybridized carbons (Fsp3) is 1.00. The summed E-state index contributed by atoms with van der Waals surface area (Å²) in [7, 11) is 6.51. The molecule has 0 rings (SSSR count). The molecule has 0 saturated carbocycles. The van der Waals surface area contributed by atoms with Crippen molar-refractivity contribution in [3.8, 4) is 0 Å². The second kappa shape index (κ2) is 6.20. The second-order valence-corrected chi connectivity index (χ2v) is 4.01. The summed E-state index contributed by atoms with van der Waals surface area (Å²) < 4.78 is 0.993. The highest BCUT2D eigenvalue weighted by molar-refractivity contribution is 4.45. The number of hydrogen-bond acceptors (Lipinski definition) is 1. The van der Waals surface area contributed by atoms with Gasteiger partial charge in [-0.05, 0) is 19.8 Å². The van der Waals surface area contributed by atoms with Gasteiger partial charge in [0.1, 0.15) is 0 Å². The van der Waals surface area contributed by atoms with Crippen LogP contribution in [-0.2, 0) is 0 Å². The van der Waals surface area contributed by atoms with Gasteiger partial charge in [0.2, 0.25) is 0 Å². The molecule has 1 unspecified atom stereocenters. The van der Waals surface area contributed by atoms with Gasteiger partial charge in [-0.3, -0.25) is 0 Å². The Morgan fingerprint density at radius 3 is 2.00 bits per heavy atom. The van der Waals surface area contributed by atoms with Crippen molar-refractivity contribution in [2.75, 3.05) is 27.7 Å². The van der Waals surface area contributed by atoms with Gasteiger partial charge in [0.15, 0.2) is 0 Å². The van der Waals surface area contributed by atoms with E-state index in [1.54, 1.807) is 0 Å². The first-order valence-corrected chi connectivity index (χ1v) is 3.90. The SMILES string of the molecule is CC(O)CCC[N+](C)(C)C.[I-]. The van der Waals surface area contributed by atoms with Crippen molar-refractivity contribution in [3.05, 3.63) is 0 Å². The highest BCUT2D eigenvalue weighted by Gasteiger charge is 2.06. The molecule has 0 aliphatic rings. The van der Waals surface area contributed by atoms with Crippen LogP contribution < -0.4 is 24.0 Å². The molecule has 0 bridgehead atoms. The van der Waals surface area contributed by atoms with Gasteiger partial charge in [0, 0.05) is 0 Å². The monoisotopic (exact) mass is 273 g/mol. The Kier molecular flexibility index (Phi) is 7.99. The molecular formula is C8H20INO. The number of aliphatic hydroxyl groups excluding tert-OH is 1. The molecule has 0 radical (unpaired) electrons. The zero-order valence-corrected chi connectivity index (χ0v) is 10.1. The maximum Gasteiger partial charge on any atom is 0.0781 e. The Hall–Kier alpha value is 0.650. The quantitative estimate of drug-likeness (QED) is 0.458. The molecule has 0 aromatic heterocycles. The molecule has 0 aliphatic carbocycles. The van der Waals surface area contributed by atoms with Crippen molar-refractivity contribution in [2.24, 2.45) is 0 Å². The first-order valence-electron chi connectivity index (χ1n) is 3.90. The maximum atomic E-state index is 8.94. The summed E-state index contributed by atoms with van der Waals surface area (Å²) in [5.74, 6) is 0. The van der Waals surface area contributed by atoms with Crippen LogP contribution in [0.2, 0.25) is 0 Å². The Morgan fingerprint density at radius 2 is 1.73 bits per heavy atom. The number of quaternary nitrogens is 1. The van der Waals surface area contributed by atoms with Crippen molar-refractivity contribution in [1.29, 1.82) is 0 Å². The average Bonchev–Trinajstić information content (AvgIpc) is 1.59. The number of hydrogen-bond donors (Lipinski definition) is 1. The van der Waals surface area contributed by atoms with Gasteiger partial charge >= 0.3 is 0 Å². The van der Waals surface area contributed by atoms with Gasteiger partial charge in [-0.15, -0.1) is 0 Å². The van der Waals surface area contributed by atoms with Gasteiger partial charge in [-0.25, -0.2) is 0 Å². The van der Waals surface area contributed by atoms with Crippen LogP contribution >= 0.6 is 0 Å². The van der Waals surface area contributed by atoms with E-state index >= 15 is 0 Å². The van der Waals surface area contributed by atoms with Crippen LogP contribution in [0.1, 0.15) is 19.8 Å². The first-order chi connectivity index (χ1) is 4.42. The van der Waals surface area contributed by atoms with Gasteiger partial charge in [0.05, 0.1) is 33.8 Å². The van der Waals surface area contributed by atoms with Crippen molar-refractivity contribution in [3.63, 3.8) is 0 Å². The molecular weight excluding hydrogens is 253 g/mol. The molecule has 3 heteroatoms. The number of rotatable bonds is 4. The summed E-state index contributed by atoms with van der Waals surface area (Å²) in [5.41, 5.74) is 0. The Bertz CT molecular complexity index is 88.6. The molecule has 1 N–H and O–H groups in total. The molecule has 0 heterocycles. The van der Waals surface area contributed by atoms with E-state index in [4.69, 9.17) is 5.11 Å². The van der Waals surface area contributed by atoms with Crippen LogP contribution in [0.4, 0.5) is 0 Å². The summed E-state index contributed by atoms with van der Waals surface area (Å²) >= 11 is 0. The fourth-order valence-electron chi connectivity index (χ4n) is 0.861. The number of nitrogens with zero attached hydrogens (tertiary/aromatic N) is 1. The molecule has 11 heavy (non-hydrogen) atoms. The van der Waals surface area contributed by atoms with E-state index in [-0.39, 0.29) is 30.1 Å². The van der Waals surface area contributed by atoms with E-state index < -0.39 is 0 Å². The van der Waals surface area contributed by atoms with E-state index in [0.717, 1.165) is 23.9 Å². The summed E-state index contributed by atoms with van der Waals surface area (Å²) in [5, 5.41) is 8.94. The third-order valence-corrected chi connectivity index (χ3v) is 1.45. The molecule has 0 aromatic rings. The predicted octanol–water partition coefficient (Wildman–Crippen LogP) is -2.14. The lowest BCUT2D eigenvalue weighted by Crippen LogP contribution is -3.00. The topological polar surface area (TPSA) is 20.2 Å². The van der Waals surface area contributed by atoms with Gasteiger partial charge in [0.25, 0.3) is 0 Å². The summed E-state index contributed by atoms with van der Waals surface area (Å²) in [6.45, 7) is 2.99. The minimum Gasteiger partial charge on any atom is -1.00 e. The average molecular weight is 273 g/mol. The van der Waals surface area contributed by atoms with Crippen molar-refractivity contribution < 1.29 is 33.6 Å². The number of halogens is 1. The second-order valence-electron chi connectivity index (χ2n) is 4.01. The van der Waals surface area contributed by atoms with Crippen molar-refractivity contribution in [2.45, 2.75) is 25.9 Å². The summed E-state index contributed by atoms with van der Waals surface area (Å²) in [6, 6.07) is 0. The molecule has 2 nitrogen and oxygen atoms in total. The molecule has 0 aromatic carbocycles. The van der Waals surface area contributed by atoms with Gasteiger partial charge in [-0.1, -0.05) is 0 Å². The minimum atomic E-state index is -0.133. The van der Waals surface area contributed by atoms with E-state index in [2.05, 4.69) is 21.1 Å². The van der Waals surface area contributed by atoms with Crippen LogP contribution in [-0.4, -0.2) is 43.4 Å². The van der Waals surface area contributed by atoms with E-state index in [1.807, 2.05) is 6.92 Å². The highest BCUT2D eigenvalue weighted by atomic mass is 127. The van der Waals surface area contributed by atoms with Crippen LogP contribution in [0.15, 0.2) is 0 Å². The number of aliphatic hydroxyl groups is 1. The molecule has 0 saturated heterocycles. The first kappa shape index (κ1) is 14.2. The Balaban J connectivity index is 0. The normalized spacial score (nSPS) is 13.9. The van der Waals surface area contributed by atoms with E-state index in [9.17, 15) is 0 Å². The van der Waals surface area contributed by atoms with E-state index in [1.165, 1.54) is 0 Å². The standard InChI is InChI=1S/C8H20NO.HI/c1-8(10)6-5-7-9(2,3)4;/h8,10H,5-7H2,1-4H3;1H/q+1;/p-1. The third kappa shape index (κ3) is 13.6. The van der Waals surface area contributed by atoms with Crippen LogP contribution in [0.25, 0.3) is 0 Å². The predicted molar refractivity (Wildman–Crippen MR) is 43.8 cm³/mol. The van der Waals surface area contributed by atoms with Crippen molar-refractivity contribution >= 4 is 0 Å². The van der Waals surface area contributed by atoms with Crippen LogP contribution in [0, 0.1) is 0 Å². The highest BCUT2D eigenvalue weighted by Crippen LogP contribution is 2.00. The van der Waals surface area contributed by atoms with Crippen LogP contribution in [0.3, 0.4) is 0 Å². The zero-order valence-electron chi connectivity index (χ0n) is 7.97. The zero-order chi connectivity index (χ0) is 8.20. The summed E-state index contributed by atoms with van der Waals surface area (Å²) in [4.78, 5) is 0. The lowest BCUT2D eigenvalue weighted by Gasteiger charge is -2.23. The minimum absolute atomic E-state index is 0. The fourth-order valence-corrected chi connectivity index (χ4v) is 0.861. The molecule has 70 valence electrons. The molecule has 0 amide bonds. The molecule has 0 aliphatic heterocycles. The lowest BCUT2D eigenvalue weighted by molar-refractivity contribution is -0.870. The summed E-state index contributed by atoms with van der Waals surface area (Å²) in [6.07, 6.45) is 1.91. The van der Waals surface area contributed by atoms with Gasteiger partial charge < -0.3 is 33.6 Å². The van der Waals surface area contributed by atoms with Crippen LogP contribution in [0.5, 0.6) is 0 Å². The molecule has 0 spiro atoms. The van der Waals surface area contributed by atoms with Crippen molar-refractivity contribution in [1.82, 2.24) is 0 Å².